The average molecular weight is 423 g/mol. The maximum atomic E-state index is 14.2. The van der Waals surface area contributed by atoms with Crippen molar-refractivity contribution in [2.24, 2.45) is 17.8 Å². The highest BCUT2D eigenvalue weighted by molar-refractivity contribution is 5.35. The minimum Gasteiger partial charge on any atom is -0.498 e. The SMILES string of the molecule is CCCCCC1CCC(C2=CCC(COc3ccc(OCC)c(F)c3F)CO2)CC1. The van der Waals surface area contributed by atoms with Crippen LogP contribution < -0.4 is 9.47 Å². The Morgan fingerprint density at radius 3 is 2.23 bits per heavy atom. The van der Waals surface area contributed by atoms with Gasteiger partial charge >= 0.3 is 0 Å². The molecule has 1 aliphatic carbocycles. The Morgan fingerprint density at radius 2 is 1.63 bits per heavy atom. The van der Waals surface area contributed by atoms with Gasteiger partial charge in [-0.05, 0) is 63.2 Å². The van der Waals surface area contributed by atoms with Gasteiger partial charge in [0.15, 0.2) is 11.5 Å². The van der Waals surface area contributed by atoms with E-state index in [4.69, 9.17) is 14.2 Å². The van der Waals surface area contributed by atoms with Gasteiger partial charge in [0.05, 0.1) is 25.6 Å². The molecule has 168 valence electrons. The van der Waals surface area contributed by atoms with Gasteiger partial charge in [0.25, 0.3) is 0 Å². The molecule has 0 saturated heterocycles. The zero-order chi connectivity index (χ0) is 21.3. The molecule has 2 aliphatic rings. The van der Waals surface area contributed by atoms with Crippen molar-refractivity contribution < 1.29 is 23.0 Å². The van der Waals surface area contributed by atoms with Crippen molar-refractivity contribution in [3.05, 3.63) is 35.6 Å². The van der Waals surface area contributed by atoms with Crippen molar-refractivity contribution in [1.29, 1.82) is 0 Å². The van der Waals surface area contributed by atoms with Crippen molar-refractivity contribution in [2.45, 2.75) is 71.6 Å². The van der Waals surface area contributed by atoms with E-state index in [1.54, 1.807) is 6.92 Å². The molecule has 0 spiro atoms. The molecular weight excluding hydrogens is 386 g/mol. The number of unbranched alkanes of at least 4 members (excludes halogenated alkanes) is 2. The van der Waals surface area contributed by atoms with E-state index in [0.717, 1.165) is 18.1 Å². The first kappa shape index (κ1) is 22.9. The third-order valence-electron chi connectivity index (χ3n) is 6.39. The fourth-order valence-corrected chi connectivity index (χ4v) is 4.54. The van der Waals surface area contributed by atoms with Crippen molar-refractivity contribution in [2.75, 3.05) is 19.8 Å². The lowest BCUT2D eigenvalue weighted by Gasteiger charge is -2.33. The zero-order valence-electron chi connectivity index (χ0n) is 18.4. The number of allylic oxidation sites excluding steroid dienone is 2. The van der Waals surface area contributed by atoms with Gasteiger partial charge in [0, 0.05) is 11.8 Å². The minimum atomic E-state index is -0.998. The van der Waals surface area contributed by atoms with E-state index in [1.165, 1.54) is 63.5 Å². The van der Waals surface area contributed by atoms with E-state index in [2.05, 4.69) is 13.0 Å². The van der Waals surface area contributed by atoms with Crippen molar-refractivity contribution in [3.8, 4) is 11.5 Å². The maximum Gasteiger partial charge on any atom is 0.204 e. The summed E-state index contributed by atoms with van der Waals surface area (Å²) in [6.07, 6.45) is 13.5. The van der Waals surface area contributed by atoms with Crippen LogP contribution in [0.15, 0.2) is 24.0 Å². The number of ether oxygens (including phenoxy) is 3. The van der Waals surface area contributed by atoms with E-state index in [0.29, 0.717) is 19.1 Å². The number of rotatable bonds is 10. The van der Waals surface area contributed by atoms with Crippen LogP contribution in [0.1, 0.15) is 71.6 Å². The second-order valence-corrected chi connectivity index (χ2v) is 8.67. The largest absolute Gasteiger partial charge is 0.498 e. The van der Waals surface area contributed by atoms with Gasteiger partial charge in [-0.2, -0.15) is 8.78 Å². The molecule has 1 heterocycles. The summed E-state index contributed by atoms with van der Waals surface area (Å²) in [6, 6.07) is 2.83. The highest BCUT2D eigenvalue weighted by atomic mass is 19.2. The second kappa shape index (κ2) is 11.6. The minimum absolute atomic E-state index is 0.0767. The van der Waals surface area contributed by atoms with Crippen LogP contribution in [0, 0.1) is 29.4 Å². The van der Waals surface area contributed by atoms with Gasteiger partial charge in [-0.3, -0.25) is 0 Å². The molecule has 0 bridgehead atoms. The molecule has 3 rings (SSSR count). The molecular formula is C25H36F2O3. The fourth-order valence-electron chi connectivity index (χ4n) is 4.54. The van der Waals surface area contributed by atoms with Gasteiger partial charge in [0.1, 0.15) is 0 Å². The molecule has 1 unspecified atom stereocenters. The first-order valence-electron chi connectivity index (χ1n) is 11.7. The van der Waals surface area contributed by atoms with Crippen molar-refractivity contribution in [3.63, 3.8) is 0 Å². The predicted molar refractivity (Wildman–Crippen MR) is 115 cm³/mol. The maximum absolute atomic E-state index is 14.2. The number of benzene rings is 1. The molecule has 0 N–H and O–H groups in total. The summed E-state index contributed by atoms with van der Waals surface area (Å²) in [5.74, 6) is 0.564. The molecule has 1 aliphatic heterocycles. The van der Waals surface area contributed by atoms with Crippen LogP contribution in [-0.4, -0.2) is 19.8 Å². The molecule has 1 fully saturated rings. The van der Waals surface area contributed by atoms with Crippen LogP contribution in [0.4, 0.5) is 8.78 Å². The summed E-state index contributed by atoms with van der Waals surface area (Å²) in [7, 11) is 0. The van der Waals surface area contributed by atoms with Crippen LogP contribution >= 0.6 is 0 Å². The smallest absolute Gasteiger partial charge is 0.204 e. The Labute approximate surface area is 179 Å². The standard InChI is InChI=1S/C25H36F2O3/c1-3-5-6-7-18-8-11-20(12-9-18)21-13-10-19(16-29-21)17-30-23-15-14-22(28-4-2)24(26)25(23)27/h13-15,18-20H,3-12,16-17H2,1-2H3. The Morgan fingerprint density at radius 1 is 0.933 bits per heavy atom. The van der Waals surface area contributed by atoms with E-state index in [1.807, 2.05) is 0 Å². The van der Waals surface area contributed by atoms with E-state index in [9.17, 15) is 8.78 Å². The zero-order valence-corrected chi connectivity index (χ0v) is 18.4. The molecule has 5 heteroatoms. The Hall–Kier alpha value is -1.78. The first-order chi connectivity index (χ1) is 14.6. The number of halogens is 2. The van der Waals surface area contributed by atoms with E-state index >= 15 is 0 Å². The number of hydrogen-bond acceptors (Lipinski definition) is 3. The molecule has 1 aromatic rings. The molecule has 0 radical (unpaired) electrons. The third kappa shape index (κ3) is 6.12. The normalized spacial score (nSPS) is 24.1. The molecule has 0 aromatic heterocycles. The Kier molecular flexibility index (Phi) is 8.83. The van der Waals surface area contributed by atoms with E-state index in [-0.39, 0.29) is 24.0 Å². The summed E-state index contributed by atoms with van der Waals surface area (Å²) in [5, 5.41) is 0. The van der Waals surface area contributed by atoms with Gasteiger partial charge in [-0.1, -0.05) is 32.6 Å². The lowest BCUT2D eigenvalue weighted by atomic mass is 9.78. The molecule has 1 aromatic carbocycles. The highest BCUT2D eigenvalue weighted by Crippen LogP contribution is 2.38. The van der Waals surface area contributed by atoms with E-state index < -0.39 is 11.6 Å². The Balaban J connectivity index is 1.43. The Bertz CT molecular complexity index is 696. The van der Waals surface area contributed by atoms with Crippen molar-refractivity contribution >= 4 is 0 Å². The van der Waals surface area contributed by atoms with Crippen molar-refractivity contribution in [1.82, 2.24) is 0 Å². The van der Waals surface area contributed by atoms with Gasteiger partial charge < -0.3 is 14.2 Å². The molecule has 0 amide bonds. The molecule has 1 saturated carbocycles. The third-order valence-corrected chi connectivity index (χ3v) is 6.39. The summed E-state index contributed by atoms with van der Waals surface area (Å²) in [4.78, 5) is 0. The van der Waals surface area contributed by atoms with Gasteiger partial charge in [-0.15, -0.1) is 0 Å². The highest BCUT2D eigenvalue weighted by Gasteiger charge is 2.27. The lowest BCUT2D eigenvalue weighted by Crippen LogP contribution is -2.25. The number of hydrogen-bond donors (Lipinski definition) is 0. The molecule has 30 heavy (non-hydrogen) atoms. The topological polar surface area (TPSA) is 27.7 Å². The van der Waals surface area contributed by atoms with Gasteiger partial charge in [-0.25, -0.2) is 0 Å². The van der Waals surface area contributed by atoms with Crippen LogP contribution in [0.3, 0.4) is 0 Å². The lowest BCUT2D eigenvalue weighted by molar-refractivity contribution is 0.0804. The summed E-state index contributed by atoms with van der Waals surface area (Å²) < 4.78 is 44.8. The molecule has 1 atom stereocenters. The fraction of sp³-hybridized carbons (Fsp3) is 0.680. The van der Waals surface area contributed by atoms with Crippen LogP contribution in [0.5, 0.6) is 11.5 Å². The van der Waals surface area contributed by atoms with Crippen LogP contribution in [-0.2, 0) is 4.74 Å². The quantitative estimate of drug-likeness (QED) is 0.378. The van der Waals surface area contributed by atoms with Crippen LogP contribution in [0.2, 0.25) is 0 Å². The summed E-state index contributed by atoms with van der Waals surface area (Å²) >= 11 is 0. The molecule has 3 nitrogen and oxygen atoms in total. The van der Waals surface area contributed by atoms with Gasteiger partial charge in [0.2, 0.25) is 11.6 Å². The summed E-state index contributed by atoms with van der Waals surface area (Å²) in [5.41, 5.74) is 0. The predicted octanol–water partition coefficient (Wildman–Crippen LogP) is 7.05. The summed E-state index contributed by atoms with van der Waals surface area (Å²) in [6.45, 7) is 5.15. The monoisotopic (exact) mass is 422 g/mol. The second-order valence-electron chi connectivity index (χ2n) is 8.67. The van der Waals surface area contributed by atoms with Crippen LogP contribution in [0.25, 0.3) is 0 Å². The first-order valence-corrected chi connectivity index (χ1v) is 11.7. The average Bonchev–Trinajstić information content (AvgIpc) is 2.78.